The van der Waals surface area contributed by atoms with Gasteiger partial charge < -0.3 is 4.74 Å². The van der Waals surface area contributed by atoms with Crippen molar-refractivity contribution < 1.29 is 4.74 Å². The van der Waals surface area contributed by atoms with Gasteiger partial charge in [0.1, 0.15) is 12.1 Å². The number of benzene rings is 1. The fourth-order valence-electron chi connectivity index (χ4n) is 1.09. The van der Waals surface area contributed by atoms with Crippen LogP contribution >= 0.6 is 23.4 Å². The van der Waals surface area contributed by atoms with Crippen LogP contribution in [0.2, 0.25) is 5.02 Å². The van der Waals surface area contributed by atoms with E-state index in [0.717, 1.165) is 16.7 Å². The van der Waals surface area contributed by atoms with E-state index in [0.29, 0.717) is 11.6 Å². The van der Waals surface area contributed by atoms with Gasteiger partial charge in [-0.1, -0.05) is 23.4 Å². The fourth-order valence-corrected chi connectivity index (χ4v) is 1.82. The van der Waals surface area contributed by atoms with E-state index in [-0.39, 0.29) is 0 Å². The number of thioether (sulfide) groups is 1. The summed E-state index contributed by atoms with van der Waals surface area (Å²) in [7, 11) is 0. The lowest BCUT2D eigenvalue weighted by molar-refractivity contribution is 0.344. The number of hydrogen-bond donors (Lipinski definition) is 1. The number of hydrogen-bond acceptors (Lipinski definition) is 4. The van der Waals surface area contributed by atoms with Crippen molar-refractivity contribution in [2.45, 2.75) is 5.16 Å². The smallest absolute Gasteiger partial charge is 0.183 e. The predicted octanol–water partition coefficient (Wildman–Crippen LogP) is 2.63. The number of aromatic nitrogens is 3. The first-order chi connectivity index (χ1) is 7.84. The van der Waals surface area contributed by atoms with Crippen molar-refractivity contribution in [1.29, 1.82) is 0 Å². The lowest BCUT2D eigenvalue weighted by Gasteiger charge is -2.04. The molecule has 0 unspecified atom stereocenters. The van der Waals surface area contributed by atoms with Crippen molar-refractivity contribution in [1.82, 2.24) is 15.2 Å². The number of aromatic amines is 1. The fraction of sp³-hybridized carbons (Fsp3) is 0.200. The third-order valence-corrected chi connectivity index (χ3v) is 2.89. The van der Waals surface area contributed by atoms with E-state index >= 15 is 0 Å². The summed E-state index contributed by atoms with van der Waals surface area (Å²) >= 11 is 7.33. The van der Waals surface area contributed by atoms with Gasteiger partial charge in [-0.2, -0.15) is 5.10 Å². The number of H-pyrrole nitrogens is 1. The Hall–Kier alpha value is -1.20. The third kappa shape index (κ3) is 3.43. The Morgan fingerprint density at radius 2 is 2.12 bits per heavy atom. The van der Waals surface area contributed by atoms with Gasteiger partial charge in [0.2, 0.25) is 0 Å². The highest BCUT2D eigenvalue weighted by molar-refractivity contribution is 7.99. The maximum Gasteiger partial charge on any atom is 0.183 e. The van der Waals surface area contributed by atoms with Crippen molar-refractivity contribution in [3.8, 4) is 5.75 Å². The SMILES string of the molecule is Clc1ccc(OCCSc2ncn[nH]2)cc1. The van der Waals surface area contributed by atoms with Gasteiger partial charge in [-0.05, 0) is 24.3 Å². The van der Waals surface area contributed by atoms with Crippen LogP contribution in [0.1, 0.15) is 0 Å². The molecule has 1 N–H and O–H groups in total. The first-order valence-electron chi connectivity index (χ1n) is 4.71. The van der Waals surface area contributed by atoms with Crippen LogP contribution < -0.4 is 4.74 Å². The summed E-state index contributed by atoms with van der Waals surface area (Å²) in [5.74, 6) is 1.64. The third-order valence-electron chi connectivity index (χ3n) is 1.80. The minimum absolute atomic E-state index is 0.618. The molecule has 0 aliphatic rings. The highest BCUT2D eigenvalue weighted by Crippen LogP contribution is 2.16. The summed E-state index contributed by atoms with van der Waals surface area (Å²) in [5, 5.41) is 8.05. The Morgan fingerprint density at radius 3 is 2.81 bits per heavy atom. The zero-order chi connectivity index (χ0) is 11.2. The first kappa shape index (κ1) is 11.3. The summed E-state index contributed by atoms with van der Waals surface area (Å²) in [6.07, 6.45) is 1.49. The summed E-state index contributed by atoms with van der Waals surface area (Å²) in [6, 6.07) is 7.31. The van der Waals surface area contributed by atoms with Crippen LogP contribution in [0.15, 0.2) is 35.7 Å². The summed E-state index contributed by atoms with van der Waals surface area (Å²) in [4.78, 5) is 4.00. The largest absolute Gasteiger partial charge is 0.493 e. The quantitative estimate of drug-likeness (QED) is 0.659. The van der Waals surface area contributed by atoms with E-state index < -0.39 is 0 Å². The average Bonchev–Trinajstić information content (AvgIpc) is 2.80. The molecule has 0 bridgehead atoms. The van der Waals surface area contributed by atoms with Gasteiger partial charge in [0.25, 0.3) is 0 Å². The first-order valence-corrected chi connectivity index (χ1v) is 6.07. The number of halogens is 1. The topological polar surface area (TPSA) is 50.8 Å². The Labute approximate surface area is 102 Å². The van der Waals surface area contributed by atoms with E-state index in [2.05, 4.69) is 15.2 Å². The minimum atomic E-state index is 0.618. The second-order valence-electron chi connectivity index (χ2n) is 2.94. The molecule has 0 aliphatic heterocycles. The summed E-state index contributed by atoms with van der Waals surface area (Å²) in [6.45, 7) is 0.618. The van der Waals surface area contributed by atoms with E-state index in [1.807, 2.05) is 12.1 Å². The van der Waals surface area contributed by atoms with Crippen LogP contribution in [0.3, 0.4) is 0 Å². The van der Waals surface area contributed by atoms with E-state index in [1.54, 1.807) is 23.9 Å². The Balaban J connectivity index is 1.70. The van der Waals surface area contributed by atoms with Gasteiger partial charge in [-0.3, -0.25) is 5.10 Å². The molecular formula is C10H10ClN3OS. The van der Waals surface area contributed by atoms with Crippen LogP contribution in [-0.4, -0.2) is 27.5 Å². The van der Waals surface area contributed by atoms with Crippen LogP contribution in [-0.2, 0) is 0 Å². The highest BCUT2D eigenvalue weighted by Gasteiger charge is 1.97. The molecule has 2 aromatic rings. The van der Waals surface area contributed by atoms with Gasteiger partial charge in [-0.15, -0.1) is 0 Å². The van der Waals surface area contributed by atoms with Crippen molar-refractivity contribution >= 4 is 23.4 Å². The molecule has 0 amide bonds. The van der Waals surface area contributed by atoms with Crippen LogP contribution in [0.5, 0.6) is 5.75 Å². The van der Waals surface area contributed by atoms with E-state index in [4.69, 9.17) is 16.3 Å². The number of rotatable bonds is 5. The standard InChI is InChI=1S/C10H10ClN3OS/c11-8-1-3-9(4-2-8)15-5-6-16-10-12-7-13-14-10/h1-4,7H,5-6H2,(H,12,13,14). The molecule has 0 radical (unpaired) electrons. The average molecular weight is 256 g/mol. The van der Waals surface area contributed by atoms with Gasteiger partial charge in [0, 0.05) is 10.8 Å². The highest BCUT2D eigenvalue weighted by atomic mass is 35.5. The number of ether oxygens (including phenoxy) is 1. The molecule has 0 saturated carbocycles. The zero-order valence-corrected chi connectivity index (χ0v) is 9.96. The van der Waals surface area contributed by atoms with Crippen molar-refractivity contribution in [3.63, 3.8) is 0 Å². The predicted molar refractivity (Wildman–Crippen MR) is 64.1 cm³/mol. The van der Waals surface area contributed by atoms with Gasteiger partial charge in [0.05, 0.1) is 6.61 Å². The molecule has 1 aromatic heterocycles. The Kier molecular flexibility index (Phi) is 4.07. The van der Waals surface area contributed by atoms with Crippen molar-refractivity contribution in [2.24, 2.45) is 0 Å². The Bertz CT molecular complexity index is 418. The molecule has 0 saturated heterocycles. The van der Waals surface area contributed by atoms with E-state index in [9.17, 15) is 0 Å². The zero-order valence-electron chi connectivity index (χ0n) is 8.39. The molecule has 16 heavy (non-hydrogen) atoms. The maximum absolute atomic E-state index is 5.76. The Morgan fingerprint density at radius 1 is 1.31 bits per heavy atom. The molecule has 0 fully saturated rings. The molecule has 6 heteroatoms. The molecule has 1 heterocycles. The molecule has 84 valence electrons. The van der Waals surface area contributed by atoms with Crippen LogP contribution in [0.4, 0.5) is 0 Å². The maximum atomic E-state index is 5.76. The van der Waals surface area contributed by atoms with E-state index in [1.165, 1.54) is 6.33 Å². The van der Waals surface area contributed by atoms with Gasteiger partial charge in [-0.25, -0.2) is 4.98 Å². The molecule has 4 nitrogen and oxygen atoms in total. The molecule has 0 spiro atoms. The molecule has 0 aliphatic carbocycles. The van der Waals surface area contributed by atoms with Gasteiger partial charge >= 0.3 is 0 Å². The van der Waals surface area contributed by atoms with Crippen molar-refractivity contribution in [2.75, 3.05) is 12.4 Å². The summed E-state index contributed by atoms with van der Waals surface area (Å²) < 4.78 is 5.52. The van der Waals surface area contributed by atoms with Crippen molar-refractivity contribution in [3.05, 3.63) is 35.6 Å². The monoisotopic (exact) mass is 255 g/mol. The number of nitrogens with one attached hydrogen (secondary N) is 1. The lowest BCUT2D eigenvalue weighted by Crippen LogP contribution is -2.00. The van der Waals surface area contributed by atoms with Gasteiger partial charge in [0.15, 0.2) is 5.16 Å². The van der Waals surface area contributed by atoms with Crippen LogP contribution in [0, 0.1) is 0 Å². The summed E-state index contributed by atoms with van der Waals surface area (Å²) in [5.41, 5.74) is 0. The lowest BCUT2D eigenvalue weighted by atomic mass is 10.3. The minimum Gasteiger partial charge on any atom is -0.493 e. The molecule has 1 aromatic carbocycles. The second-order valence-corrected chi connectivity index (χ2v) is 4.46. The molecule has 2 rings (SSSR count). The second kappa shape index (κ2) is 5.77. The molecule has 0 atom stereocenters. The normalized spacial score (nSPS) is 10.3. The molecular weight excluding hydrogens is 246 g/mol. The number of nitrogens with zero attached hydrogens (tertiary/aromatic N) is 2. The van der Waals surface area contributed by atoms with Crippen LogP contribution in [0.25, 0.3) is 0 Å².